The van der Waals surface area contributed by atoms with Gasteiger partial charge in [-0.2, -0.15) is 0 Å². The van der Waals surface area contributed by atoms with Gasteiger partial charge in [-0.25, -0.2) is 9.59 Å². The molecule has 0 aromatic rings. The zero-order valence-electron chi connectivity index (χ0n) is 13.5. The van der Waals surface area contributed by atoms with E-state index in [1.807, 2.05) is 6.08 Å². The Kier molecular flexibility index (Phi) is 8.12. The van der Waals surface area contributed by atoms with Crippen LogP contribution in [0.1, 0.15) is 66.7 Å². The second-order valence-electron chi connectivity index (χ2n) is 6.08. The fraction of sp³-hybridized carbons (Fsp3) is 0.647. The molecule has 0 aliphatic rings. The van der Waals surface area contributed by atoms with Gasteiger partial charge in [0.25, 0.3) is 0 Å². The summed E-state index contributed by atoms with van der Waals surface area (Å²) in [5.41, 5.74) is 0.633. The van der Waals surface area contributed by atoms with Crippen LogP contribution in [0.4, 0.5) is 0 Å². The lowest BCUT2D eigenvalue weighted by Crippen LogP contribution is -2.16. The molecule has 0 radical (unpaired) electrons. The fourth-order valence-electron chi connectivity index (χ4n) is 1.98. The SMILES string of the molecule is C=C(C)C(=O)OC(=O)C(C)=CC(C)(C)CCCCCC. The zero-order chi connectivity index (χ0) is 15.8. The van der Waals surface area contributed by atoms with Crippen LogP contribution in [0.25, 0.3) is 0 Å². The molecule has 0 rings (SSSR count). The molecule has 114 valence electrons. The van der Waals surface area contributed by atoms with Gasteiger partial charge in [0.15, 0.2) is 0 Å². The van der Waals surface area contributed by atoms with E-state index in [9.17, 15) is 9.59 Å². The Bertz CT molecular complexity index is 389. The average molecular weight is 280 g/mol. The molecule has 0 spiro atoms. The number of allylic oxidation sites excluding steroid dienone is 1. The second kappa shape index (κ2) is 8.72. The predicted octanol–water partition coefficient (Wildman–Crippen LogP) is 4.58. The molecule has 3 heteroatoms. The third-order valence-corrected chi connectivity index (χ3v) is 3.14. The number of carbonyl (C=O) groups is 2. The highest BCUT2D eigenvalue weighted by Crippen LogP contribution is 2.27. The van der Waals surface area contributed by atoms with Crippen molar-refractivity contribution in [1.29, 1.82) is 0 Å². The van der Waals surface area contributed by atoms with E-state index in [0.717, 1.165) is 12.8 Å². The van der Waals surface area contributed by atoms with Crippen molar-refractivity contribution in [3.05, 3.63) is 23.8 Å². The molecule has 0 aliphatic carbocycles. The second-order valence-corrected chi connectivity index (χ2v) is 6.08. The highest BCUT2D eigenvalue weighted by atomic mass is 16.6. The summed E-state index contributed by atoms with van der Waals surface area (Å²) < 4.78 is 4.72. The molecule has 0 N–H and O–H groups in total. The van der Waals surface area contributed by atoms with Crippen LogP contribution in [0.2, 0.25) is 0 Å². The molecule has 0 saturated carbocycles. The minimum atomic E-state index is -0.663. The predicted molar refractivity (Wildman–Crippen MR) is 82.2 cm³/mol. The van der Waals surface area contributed by atoms with Crippen molar-refractivity contribution in [2.75, 3.05) is 0 Å². The van der Waals surface area contributed by atoms with E-state index in [2.05, 4.69) is 27.4 Å². The summed E-state index contributed by atoms with van der Waals surface area (Å²) in [7, 11) is 0. The molecular formula is C17H28O3. The Balaban J connectivity index is 4.48. The number of rotatable bonds is 8. The van der Waals surface area contributed by atoms with Crippen molar-refractivity contribution in [3.8, 4) is 0 Å². The monoisotopic (exact) mass is 280 g/mol. The van der Waals surface area contributed by atoms with Gasteiger partial charge in [0.1, 0.15) is 0 Å². The summed E-state index contributed by atoms with van der Waals surface area (Å²) in [5, 5.41) is 0. The highest BCUT2D eigenvalue weighted by Gasteiger charge is 2.19. The number of hydrogen-bond acceptors (Lipinski definition) is 3. The van der Waals surface area contributed by atoms with Crippen molar-refractivity contribution >= 4 is 11.9 Å². The van der Waals surface area contributed by atoms with Gasteiger partial charge >= 0.3 is 11.9 Å². The molecule has 3 nitrogen and oxygen atoms in total. The van der Waals surface area contributed by atoms with Crippen LogP contribution < -0.4 is 0 Å². The largest absolute Gasteiger partial charge is 0.386 e. The summed E-state index contributed by atoms with van der Waals surface area (Å²) in [5.74, 6) is -1.25. The first-order chi connectivity index (χ1) is 9.19. The Labute approximate surface area is 123 Å². The molecule has 0 unspecified atom stereocenters. The lowest BCUT2D eigenvalue weighted by atomic mass is 9.85. The van der Waals surface area contributed by atoms with Crippen molar-refractivity contribution < 1.29 is 14.3 Å². The molecule has 0 aromatic carbocycles. The number of esters is 2. The van der Waals surface area contributed by atoms with Gasteiger partial charge in [-0.1, -0.05) is 59.1 Å². The lowest BCUT2D eigenvalue weighted by Gasteiger charge is -2.21. The molecular weight excluding hydrogens is 252 g/mol. The van der Waals surface area contributed by atoms with Crippen molar-refractivity contribution in [2.45, 2.75) is 66.7 Å². The standard InChI is InChI=1S/C17H28O3/c1-7-8-9-10-11-17(5,6)12-14(4)16(19)20-15(18)13(2)3/h12H,2,7-11H2,1,3-6H3. The van der Waals surface area contributed by atoms with Crippen LogP contribution in [0.5, 0.6) is 0 Å². The van der Waals surface area contributed by atoms with Gasteiger partial charge < -0.3 is 4.74 Å². The van der Waals surface area contributed by atoms with Crippen LogP contribution >= 0.6 is 0 Å². The average Bonchev–Trinajstić information content (AvgIpc) is 2.33. The maximum Gasteiger partial charge on any atom is 0.341 e. The van der Waals surface area contributed by atoms with Gasteiger partial charge in [-0.15, -0.1) is 0 Å². The number of unbranched alkanes of at least 4 members (excludes halogenated alkanes) is 3. The molecule has 0 saturated heterocycles. The van der Waals surface area contributed by atoms with Crippen LogP contribution in [-0.2, 0) is 14.3 Å². The molecule has 20 heavy (non-hydrogen) atoms. The normalized spacial score (nSPS) is 12.2. The summed E-state index contributed by atoms with van der Waals surface area (Å²) >= 11 is 0. The van der Waals surface area contributed by atoms with E-state index in [-0.39, 0.29) is 11.0 Å². The third-order valence-electron chi connectivity index (χ3n) is 3.14. The maximum absolute atomic E-state index is 11.8. The topological polar surface area (TPSA) is 43.4 Å². The van der Waals surface area contributed by atoms with E-state index >= 15 is 0 Å². The molecule has 0 aromatic heterocycles. The Morgan fingerprint density at radius 2 is 1.70 bits per heavy atom. The number of ether oxygens (including phenoxy) is 1. The molecule has 0 heterocycles. The van der Waals surface area contributed by atoms with Crippen molar-refractivity contribution in [2.24, 2.45) is 5.41 Å². The number of carbonyl (C=O) groups excluding carboxylic acids is 2. The van der Waals surface area contributed by atoms with Crippen molar-refractivity contribution in [3.63, 3.8) is 0 Å². The smallest absolute Gasteiger partial charge is 0.341 e. The lowest BCUT2D eigenvalue weighted by molar-refractivity contribution is -0.154. The minimum absolute atomic E-state index is 0.0664. The van der Waals surface area contributed by atoms with E-state index < -0.39 is 11.9 Å². The Hall–Kier alpha value is -1.38. The van der Waals surface area contributed by atoms with Gasteiger partial charge in [-0.3, -0.25) is 0 Å². The molecule has 0 atom stereocenters. The fourth-order valence-corrected chi connectivity index (χ4v) is 1.98. The van der Waals surface area contributed by atoms with Crippen LogP contribution in [0.15, 0.2) is 23.8 Å². The Morgan fingerprint density at radius 1 is 1.10 bits per heavy atom. The molecule has 0 amide bonds. The van der Waals surface area contributed by atoms with E-state index in [1.54, 1.807) is 6.92 Å². The highest BCUT2D eigenvalue weighted by molar-refractivity contribution is 6.01. The van der Waals surface area contributed by atoms with Crippen LogP contribution in [0, 0.1) is 5.41 Å². The summed E-state index contributed by atoms with van der Waals surface area (Å²) in [6.07, 6.45) is 7.73. The first-order valence-electron chi connectivity index (χ1n) is 7.31. The molecule has 0 fully saturated rings. The molecule has 0 aliphatic heterocycles. The minimum Gasteiger partial charge on any atom is -0.386 e. The summed E-state index contributed by atoms with van der Waals surface area (Å²) in [6.45, 7) is 13.0. The Morgan fingerprint density at radius 3 is 2.20 bits per heavy atom. The first kappa shape index (κ1) is 18.6. The van der Waals surface area contributed by atoms with Gasteiger partial charge in [0, 0.05) is 11.1 Å². The van der Waals surface area contributed by atoms with Crippen LogP contribution in [0.3, 0.4) is 0 Å². The molecule has 0 bridgehead atoms. The zero-order valence-corrected chi connectivity index (χ0v) is 13.5. The van der Waals surface area contributed by atoms with Gasteiger partial charge in [-0.05, 0) is 25.7 Å². The summed E-state index contributed by atoms with van der Waals surface area (Å²) in [6, 6.07) is 0. The number of hydrogen-bond donors (Lipinski definition) is 0. The van der Waals surface area contributed by atoms with Crippen LogP contribution in [-0.4, -0.2) is 11.9 Å². The maximum atomic E-state index is 11.8. The van der Waals surface area contributed by atoms with Gasteiger partial charge in [0.05, 0.1) is 0 Å². The first-order valence-corrected chi connectivity index (χ1v) is 7.31. The van der Waals surface area contributed by atoms with Gasteiger partial charge in [0.2, 0.25) is 0 Å². The van der Waals surface area contributed by atoms with E-state index in [0.29, 0.717) is 5.57 Å². The third kappa shape index (κ3) is 7.93. The van der Waals surface area contributed by atoms with Crippen molar-refractivity contribution in [1.82, 2.24) is 0 Å². The summed E-state index contributed by atoms with van der Waals surface area (Å²) in [4.78, 5) is 23.1. The van der Waals surface area contributed by atoms with E-state index in [1.165, 1.54) is 26.2 Å². The van der Waals surface area contributed by atoms with E-state index in [4.69, 9.17) is 4.74 Å². The quantitative estimate of drug-likeness (QED) is 0.283.